The highest BCUT2D eigenvalue weighted by Gasteiger charge is 2.15. The number of nitrogens with zero attached hydrogens (tertiary/aromatic N) is 1. The molecule has 0 saturated carbocycles. The van der Waals surface area contributed by atoms with E-state index in [1.165, 1.54) is 0 Å². The first-order valence-corrected chi connectivity index (χ1v) is 7.27. The predicted octanol–water partition coefficient (Wildman–Crippen LogP) is 2.65. The van der Waals surface area contributed by atoms with Crippen LogP contribution in [0.1, 0.15) is 32.1 Å². The Bertz CT molecular complexity index is 742. The third-order valence-electron chi connectivity index (χ3n) is 3.69. The molecular weight excluding hydrogens is 292 g/mol. The minimum atomic E-state index is -0.498. The van der Waals surface area contributed by atoms with E-state index in [9.17, 15) is 9.59 Å². The number of aromatic nitrogens is 1. The number of carbonyl (C=O) groups is 2. The fourth-order valence-corrected chi connectivity index (χ4v) is 2.44. The smallest absolute Gasteiger partial charge is 0.248 e. The van der Waals surface area contributed by atoms with Crippen molar-refractivity contribution >= 4 is 11.7 Å². The molecule has 0 aliphatic heterocycles. The van der Waals surface area contributed by atoms with Crippen LogP contribution in [0.25, 0.3) is 0 Å². The van der Waals surface area contributed by atoms with Crippen molar-refractivity contribution in [3.63, 3.8) is 0 Å². The number of Topliss-reactive ketones (excluding diaryl/α,β-unsaturated/α-hetero) is 1. The van der Waals surface area contributed by atoms with E-state index < -0.39 is 5.91 Å². The van der Waals surface area contributed by atoms with Crippen LogP contribution in [0.4, 0.5) is 0 Å². The van der Waals surface area contributed by atoms with Crippen LogP contribution in [0.15, 0.2) is 43.0 Å². The molecule has 0 radical (unpaired) electrons. The average Bonchev–Trinajstić information content (AvgIpc) is 2.81. The molecule has 0 unspecified atom stereocenters. The summed E-state index contributed by atoms with van der Waals surface area (Å²) in [6, 6.07) is 8.24. The maximum Gasteiger partial charge on any atom is 0.248 e. The Hall–Kier alpha value is -2.82. The van der Waals surface area contributed by atoms with Crippen LogP contribution in [-0.4, -0.2) is 22.9 Å². The van der Waals surface area contributed by atoms with E-state index in [0.29, 0.717) is 23.4 Å². The number of allylic oxidation sites excluding steroid dienone is 1. The molecule has 23 heavy (non-hydrogen) atoms. The highest BCUT2D eigenvalue weighted by molar-refractivity contribution is 5.98. The molecular formula is C18H20N2O3. The summed E-state index contributed by atoms with van der Waals surface area (Å²) < 4.78 is 7.52. The first-order chi connectivity index (χ1) is 10.9. The van der Waals surface area contributed by atoms with Gasteiger partial charge in [-0.3, -0.25) is 9.59 Å². The number of primary amides is 1. The normalized spacial score (nSPS) is 10.3. The summed E-state index contributed by atoms with van der Waals surface area (Å²) in [5, 5.41) is 0. The van der Waals surface area contributed by atoms with Gasteiger partial charge in [-0.25, -0.2) is 0 Å². The summed E-state index contributed by atoms with van der Waals surface area (Å²) in [5.74, 6) is -0.0714. The predicted molar refractivity (Wildman–Crippen MR) is 88.9 cm³/mol. The van der Waals surface area contributed by atoms with Crippen LogP contribution in [0.2, 0.25) is 0 Å². The van der Waals surface area contributed by atoms with Crippen molar-refractivity contribution in [3.8, 4) is 5.75 Å². The van der Waals surface area contributed by atoms with E-state index in [-0.39, 0.29) is 12.4 Å². The number of nitrogens with two attached hydrogens (primary N) is 1. The Balaban J connectivity index is 2.06. The number of amides is 1. The van der Waals surface area contributed by atoms with Gasteiger partial charge in [0.15, 0.2) is 6.61 Å². The van der Waals surface area contributed by atoms with Crippen LogP contribution >= 0.6 is 0 Å². The van der Waals surface area contributed by atoms with Crippen LogP contribution in [0, 0.1) is 13.8 Å². The summed E-state index contributed by atoms with van der Waals surface area (Å²) in [6.07, 6.45) is 1.80. The molecule has 0 atom stereocenters. The second-order valence-electron chi connectivity index (χ2n) is 5.28. The number of aryl methyl sites for hydroxylation is 1. The Morgan fingerprint density at radius 2 is 1.91 bits per heavy atom. The summed E-state index contributed by atoms with van der Waals surface area (Å²) in [4.78, 5) is 23.4. The van der Waals surface area contributed by atoms with Crippen molar-refractivity contribution in [2.24, 2.45) is 5.73 Å². The van der Waals surface area contributed by atoms with Crippen molar-refractivity contribution in [2.45, 2.75) is 20.4 Å². The number of rotatable bonds is 7. The van der Waals surface area contributed by atoms with Gasteiger partial charge in [-0.1, -0.05) is 6.08 Å². The van der Waals surface area contributed by atoms with Gasteiger partial charge in [0, 0.05) is 29.1 Å². The zero-order chi connectivity index (χ0) is 17.0. The van der Waals surface area contributed by atoms with E-state index in [1.54, 1.807) is 30.3 Å². The third kappa shape index (κ3) is 3.69. The fraction of sp³-hybridized carbons (Fsp3) is 0.222. The number of ether oxygens (including phenoxy) is 1. The van der Waals surface area contributed by atoms with E-state index in [1.807, 2.05) is 24.5 Å². The maximum absolute atomic E-state index is 12.3. The highest BCUT2D eigenvalue weighted by atomic mass is 16.5. The van der Waals surface area contributed by atoms with Gasteiger partial charge in [-0.2, -0.15) is 0 Å². The lowest BCUT2D eigenvalue weighted by Crippen LogP contribution is -2.13. The van der Waals surface area contributed by atoms with Gasteiger partial charge in [0.25, 0.3) is 0 Å². The van der Waals surface area contributed by atoms with Gasteiger partial charge < -0.3 is 15.0 Å². The minimum absolute atomic E-state index is 0.0612. The first-order valence-electron chi connectivity index (χ1n) is 7.27. The zero-order valence-corrected chi connectivity index (χ0v) is 13.3. The molecule has 1 amide bonds. The molecule has 0 spiro atoms. The van der Waals surface area contributed by atoms with Gasteiger partial charge in [-0.05, 0) is 44.2 Å². The molecule has 1 heterocycles. The summed E-state index contributed by atoms with van der Waals surface area (Å²) in [5.41, 5.74) is 8.14. The van der Waals surface area contributed by atoms with Crippen molar-refractivity contribution in [1.82, 2.24) is 4.57 Å². The fourth-order valence-electron chi connectivity index (χ4n) is 2.44. The largest absolute Gasteiger partial charge is 0.485 e. The highest BCUT2D eigenvalue weighted by Crippen LogP contribution is 2.17. The lowest BCUT2D eigenvalue weighted by molar-refractivity contribution is 0.0919. The molecule has 0 bridgehead atoms. The molecule has 0 aliphatic rings. The second-order valence-corrected chi connectivity index (χ2v) is 5.28. The van der Waals surface area contributed by atoms with Crippen molar-refractivity contribution in [3.05, 3.63) is 65.5 Å². The standard InChI is InChI=1S/C18H20N2O3/c1-4-9-20-12(2)10-16(13(20)3)17(21)11-23-15-7-5-14(6-8-15)18(19)22/h4-8,10H,1,9,11H2,2-3H3,(H2,19,22). The lowest BCUT2D eigenvalue weighted by Gasteiger charge is -2.07. The van der Waals surface area contributed by atoms with Gasteiger partial charge in [0.1, 0.15) is 5.75 Å². The van der Waals surface area contributed by atoms with Crippen molar-refractivity contribution in [1.29, 1.82) is 0 Å². The molecule has 2 aromatic rings. The topological polar surface area (TPSA) is 74.3 Å². The molecule has 1 aromatic carbocycles. The molecule has 2 N–H and O–H groups in total. The first kappa shape index (κ1) is 16.5. The molecule has 0 fully saturated rings. The molecule has 0 aliphatic carbocycles. The van der Waals surface area contributed by atoms with Crippen LogP contribution in [0.3, 0.4) is 0 Å². The summed E-state index contributed by atoms with van der Waals surface area (Å²) >= 11 is 0. The van der Waals surface area contributed by atoms with E-state index in [0.717, 1.165) is 11.4 Å². The Labute approximate surface area is 135 Å². The van der Waals surface area contributed by atoms with Crippen molar-refractivity contribution in [2.75, 3.05) is 6.61 Å². The van der Waals surface area contributed by atoms with E-state index in [2.05, 4.69) is 6.58 Å². The number of carbonyl (C=O) groups excluding carboxylic acids is 2. The zero-order valence-electron chi connectivity index (χ0n) is 13.3. The monoisotopic (exact) mass is 312 g/mol. The van der Waals surface area contributed by atoms with Crippen molar-refractivity contribution < 1.29 is 14.3 Å². The molecule has 5 heteroatoms. The quantitative estimate of drug-likeness (QED) is 0.631. The number of hydrogen-bond acceptors (Lipinski definition) is 3. The Morgan fingerprint density at radius 1 is 1.26 bits per heavy atom. The number of ketones is 1. The lowest BCUT2D eigenvalue weighted by atomic mass is 10.1. The molecule has 0 saturated heterocycles. The summed E-state index contributed by atoms with van der Waals surface area (Å²) in [7, 11) is 0. The average molecular weight is 312 g/mol. The maximum atomic E-state index is 12.3. The Kier molecular flexibility index (Phi) is 5.01. The number of hydrogen-bond donors (Lipinski definition) is 1. The van der Waals surface area contributed by atoms with E-state index >= 15 is 0 Å². The van der Waals surface area contributed by atoms with Gasteiger partial charge >= 0.3 is 0 Å². The van der Waals surface area contributed by atoms with Gasteiger partial charge in [-0.15, -0.1) is 6.58 Å². The van der Waals surface area contributed by atoms with Crippen LogP contribution in [0.5, 0.6) is 5.75 Å². The number of benzene rings is 1. The van der Waals surface area contributed by atoms with Gasteiger partial charge in [0.2, 0.25) is 11.7 Å². The van der Waals surface area contributed by atoms with E-state index in [4.69, 9.17) is 10.5 Å². The minimum Gasteiger partial charge on any atom is -0.485 e. The molecule has 1 aromatic heterocycles. The molecule has 2 rings (SSSR count). The Morgan fingerprint density at radius 3 is 2.48 bits per heavy atom. The summed E-state index contributed by atoms with van der Waals surface area (Å²) in [6.45, 7) is 8.19. The van der Waals surface area contributed by atoms with Gasteiger partial charge in [0.05, 0.1) is 0 Å². The second kappa shape index (κ2) is 6.96. The van der Waals surface area contributed by atoms with Crippen LogP contribution < -0.4 is 10.5 Å². The molecule has 5 nitrogen and oxygen atoms in total. The van der Waals surface area contributed by atoms with Crippen LogP contribution in [-0.2, 0) is 6.54 Å². The molecule has 120 valence electrons. The third-order valence-corrected chi connectivity index (χ3v) is 3.69. The SMILES string of the molecule is C=CCn1c(C)cc(C(=O)COc2ccc(C(N)=O)cc2)c1C.